The van der Waals surface area contributed by atoms with E-state index in [0.29, 0.717) is 6.54 Å². The number of hydrogen-bond acceptors (Lipinski definition) is 9. The van der Waals surface area contributed by atoms with Gasteiger partial charge in [-0.1, -0.05) is 90.4 Å². The molecule has 0 aliphatic carbocycles. The molecule has 2 amide bonds. The Bertz CT molecular complexity index is 1060. The first-order chi connectivity index (χ1) is 21.6. The lowest BCUT2D eigenvalue weighted by molar-refractivity contribution is -0.157. The highest BCUT2D eigenvalue weighted by Crippen LogP contribution is 2.21. The van der Waals surface area contributed by atoms with Gasteiger partial charge in [0.05, 0.1) is 6.10 Å². The van der Waals surface area contributed by atoms with Gasteiger partial charge in [-0.05, 0) is 13.0 Å². The largest absolute Gasteiger partial charge is 0.386 e. The standard InChI is InChI=1S/C32H59N5O8/c1-4-5-6-7-8-9-10-11-12-13-14-15-16-17-21-34-30(42)25(37(24(2)38)28(40)18-20-33)23-26(45-3)29(41)31(43)36-22-19-27(39)35-32(36)44/h19,22,25-26,28-29,31,40-41,43H,4-18,20-21,23,33H2,1-3H3,(H,34,42)(H,35,39,44)/t25-,26?,28+,29?,31?/m0/s1. The molecule has 1 rings (SSSR count). The van der Waals surface area contributed by atoms with Crippen LogP contribution in [0.5, 0.6) is 0 Å². The van der Waals surface area contributed by atoms with E-state index in [9.17, 15) is 34.5 Å². The SMILES string of the molecule is CCCCCCCCCCCCCCCCNC(=O)[C@H](CC(OC)C(O)C(O)n1ccc(=O)[nH]c1=O)N(C(C)=O)[C@H](O)CCN. The molecule has 1 aromatic rings. The van der Waals surface area contributed by atoms with Gasteiger partial charge in [0.1, 0.15) is 18.4 Å². The van der Waals surface area contributed by atoms with Crippen molar-refractivity contribution >= 4 is 11.8 Å². The zero-order valence-electron chi connectivity index (χ0n) is 27.6. The Hall–Kier alpha value is -2.58. The Morgan fingerprint density at radius 1 is 0.956 bits per heavy atom. The van der Waals surface area contributed by atoms with E-state index in [1.165, 1.54) is 78.2 Å². The molecule has 3 unspecified atom stereocenters. The van der Waals surface area contributed by atoms with Crippen LogP contribution in [0.3, 0.4) is 0 Å². The molecular weight excluding hydrogens is 582 g/mol. The van der Waals surface area contributed by atoms with Crippen LogP contribution >= 0.6 is 0 Å². The maximum absolute atomic E-state index is 13.4. The van der Waals surface area contributed by atoms with Gasteiger partial charge in [0.25, 0.3) is 5.56 Å². The Balaban J connectivity index is 2.69. The van der Waals surface area contributed by atoms with E-state index in [4.69, 9.17) is 10.5 Å². The molecule has 1 aromatic heterocycles. The van der Waals surface area contributed by atoms with E-state index < -0.39 is 53.8 Å². The predicted octanol–water partition coefficient (Wildman–Crippen LogP) is 2.28. The average molecular weight is 642 g/mol. The number of carbonyl (C=O) groups excluding carboxylic acids is 2. The number of nitrogens with one attached hydrogen (secondary N) is 2. The van der Waals surface area contributed by atoms with Crippen LogP contribution in [-0.4, -0.2) is 86.3 Å². The van der Waals surface area contributed by atoms with E-state index in [1.54, 1.807) is 0 Å². The summed E-state index contributed by atoms with van der Waals surface area (Å²) < 4.78 is 6.10. The molecule has 260 valence electrons. The van der Waals surface area contributed by atoms with Crippen LogP contribution in [0.4, 0.5) is 0 Å². The molecule has 0 radical (unpaired) electrons. The van der Waals surface area contributed by atoms with Gasteiger partial charge in [-0.2, -0.15) is 0 Å². The summed E-state index contributed by atoms with van der Waals surface area (Å²) >= 11 is 0. The number of ether oxygens (including phenoxy) is 1. The summed E-state index contributed by atoms with van der Waals surface area (Å²) in [6.07, 6.45) is 11.5. The van der Waals surface area contributed by atoms with Crippen molar-refractivity contribution in [3.8, 4) is 0 Å². The number of aromatic amines is 1. The maximum atomic E-state index is 13.4. The number of nitrogens with two attached hydrogens (primary N) is 1. The van der Waals surface area contributed by atoms with Crippen LogP contribution in [0.1, 0.15) is 123 Å². The lowest BCUT2D eigenvalue weighted by atomic mass is 10.00. The highest BCUT2D eigenvalue weighted by Gasteiger charge is 2.38. The molecule has 0 aliphatic heterocycles. The summed E-state index contributed by atoms with van der Waals surface area (Å²) in [4.78, 5) is 52.5. The zero-order chi connectivity index (χ0) is 33.6. The zero-order valence-corrected chi connectivity index (χ0v) is 27.6. The molecule has 1 heterocycles. The van der Waals surface area contributed by atoms with E-state index in [1.807, 2.05) is 4.98 Å². The van der Waals surface area contributed by atoms with Crippen molar-refractivity contribution in [2.45, 2.75) is 147 Å². The number of methoxy groups -OCH3 is 1. The van der Waals surface area contributed by atoms with Crippen LogP contribution in [0.2, 0.25) is 0 Å². The van der Waals surface area contributed by atoms with Crippen molar-refractivity contribution < 1.29 is 29.6 Å². The quantitative estimate of drug-likeness (QED) is 0.0648. The molecule has 0 saturated heterocycles. The lowest BCUT2D eigenvalue weighted by Gasteiger charge is -2.37. The van der Waals surface area contributed by atoms with Gasteiger partial charge >= 0.3 is 5.69 Å². The smallest absolute Gasteiger partial charge is 0.330 e. The third-order valence-electron chi connectivity index (χ3n) is 8.16. The number of aliphatic hydroxyl groups is 3. The first-order valence-electron chi connectivity index (χ1n) is 16.7. The molecule has 7 N–H and O–H groups in total. The molecule has 0 aliphatic rings. The Labute approximate surface area is 267 Å². The fourth-order valence-electron chi connectivity index (χ4n) is 5.51. The second-order valence-corrected chi connectivity index (χ2v) is 11.8. The number of H-pyrrole nitrogens is 1. The fourth-order valence-corrected chi connectivity index (χ4v) is 5.51. The van der Waals surface area contributed by atoms with Crippen molar-refractivity contribution in [1.29, 1.82) is 0 Å². The van der Waals surface area contributed by atoms with Gasteiger partial charge in [0.2, 0.25) is 11.8 Å². The highest BCUT2D eigenvalue weighted by atomic mass is 16.5. The minimum atomic E-state index is -1.83. The van der Waals surface area contributed by atoms with Crippen molar-refractivity contribution in [1.82, 2.24) is 19.8 Å². The molecular formula is C32H59N5O8. The van der Waals surface area contributed by atoms with Gasteiger partial charge in [-0.3, -0.25) is 23.9 Å². The second kappa shape index (κ2) is 23.7. The molecule has 0 fully saturated rings. The predicted molar refractivity (Wildman–Crippen MR) is 173 cm³/mol. The Morgan fingerprint density at radius 2 is 1.49 bits per heavy atom. The third kappa shape index (κ3) is 15.5. The number of carbonyl (C=O) groups is 2. The van der Waals surface area contributed by atoms with Crippen molar-refractivity contribution in [3.05, 3.63) is 33.1 Å². The lowest BCUT2D eigenvalue weighted by Crippen LogP contribution is -2.56. The molecule has 13 nitrogen and oxygen atoms in total. The van der Waals surface area contributed by atoms with Crippen LogP contribution in [-0.2, 0) is 14.3 Å². The van der Waals surface area contributed by atoms with Gasteiger partial charge in [-0.25, -0.2) is 4.79 Å². The summed E-state index contributed by atoms with van der Waals surface area (Å²) in [5.41, 5.74) is 3.97. The third-order valence-corrected chi connectivity index (χ3v) is 8.16. The van der Waals surface area contributed by atoms with Crippen LogP contribution in [0.25, 0.3) is 0 Å². The number of amides is 2. The van der Waals surface area contributed by atoms with E-state index >= 15 is 0 Å². The average Bonchev–Trinajstić information content (AvgIpc) is 3.00. The van der Waals surface area contributed by atoms with Gasteiger partial charge in [0, 0.05) is 45.7 Å². The van der Waals surface area contributed by atoms with Gasteiger partial charge in [0.15, 0.2) is 6.23 Å². The molecule has 0 saturated carbocycles. The number of nitrogens with zero attached hydrogens (tertiary/aromatic N) is 2. The molecule has 45 heavy (non-hydrogen) atoms. The minimum Gasteiger partial charge on any atom is -0.386 e. The molecule has 5 atom stereocenters. The minimum absolute atomic E-state index is 0.0118. The van der Waals surface area contributed by atoms with Crippen LogP contribution in [0, 0.1) is 0 Å². The number of aromatic nitrogens is 2. The first-order valence-corrected chi connectivity index (χ1v) is 16.7. The van der Waals surface area contributed by atoms with E-state index in [0.717, 1.165) is 47.4 Å². The highest BCUT2D eigenvalue weighted by molar-refractivity contribution is 5.87. The molecule has 0 bridgehead atoms. The van der Waals surface area contributed by atoms with Gasteiger partial charge in [-0.15, -0.1) is 0 Å². The maximum Gasteiger partial charge on any atom is 0.330 e. The molecule has 13 heteroatoms. The second-order valence-electron chi connectivity index (χ2n) is 11.8. The summed E-state index contributed by atoms with van der Waals surface area (Å²) in [6, 6.07) is -0.261. The first kappa shape index (κ1) is 40.4. The summed E-state index contributed by atoms with van der Waals surface area (Å²) in [5, 5.41) is 35.1. The topological polar surface area (TPSA) is 200 Å². The summed E-state index contributed by atoms with van der Waals surface area (Å²) in [6.45, 7) is 3.87. The van der Waals surface area contributed by atoms with Crippen molar-refractivity contribution in [2.75, 3.05) is 20.2 Å². The monoisotopic (exact) mass is 641 g/mol. The van der Waals surface area contributed by atoms with Crippen LogP contribution in [0.15, 0.2) is 21.9 Å². The van der Waals surface area contributed by atoms with E-state index in [2.05, 4.69) is 12.2 Å². The normalized spacial score (nSPS) is 14.8. The summed E-state index contributed by atoms with van der Waals surface area (Å²) in [7, 11) is 1.24. The van der Waals surface area contributed by atoms with Crippen molar-refractivity contribution in [3.63, 3.8) is 0 Å². The number of hydrogen-bond donors (Lipinski definition) is 6. The number of unbranched alkanes of at least 4 members (excludes halogenated alkanes) is 13. The number of rotatable bonds is 26. The number of aliphatic hydroxyl groups excluding tert-OH is 3. The van der Waals surface area contributed by atoms with Crippen molar-refractivity contribution in [2.24, 2.45) is 5.73 Å². The molecule has 0 aromatic carbocycles. The Kier molecular flexibility index (Phi) is 21.3. The van der Waals surface area contributed by atoms with Gasteiger partial charge < -0.3 is 36.0 Å². The van der Waals surface area contributed by atoms with Crippen LogP contribution < -0.4 is 22.3 Å². The summed E-state index contributed by atoms with van der Waals surface area (Å²) in [5.74, 6) is -1.14. The van der Waals surface area contributed by atoms with E-state index in [-0.39, 0.29) is 19.4 Å². The Morgan fingerprint density at radius 3 is 1.96 bits per heavy atom. The molecule has 0 spiro atoms. The fraction of sp³-hybridized carbons (Fsp3) is 0.812.